The van der Waals surface area contributed by atoms with Crippen LogP contribution in [0.2, 0.25) is 0 Å². The lowest BCUT2D eigenvalue weighted by Crippen LogP contribution is -2.39. The van der Waals surface area contributed by atoms with Crippen molar-refractivity contribution in [3.63, 3.8) is 0 Å². The minimum Gasteiger partial charge on any atom is -0.379 e. The average Bonchev–Trinajstić information content (AvgIpc) is 2.83. The molecule has 1 saturated heterocycles. The van der Waals surface area contributed by atoms with Crippen LogP contribution in [0.3, 0.4) is 0 Å². The molecule has 0 saturated carbocycles. The molecule has 0 atom stereocenters. The zero-order chi connectivity index (χ0) is 13.1. The molecule has 1 aliphatic rings. The van der Waals surface area contributed by atoms with Crippen LogP contribution in [0.15, 0.2) is 18.6 Å². The van der Waals surface area contributed by atoms with Gasteiger partial charge < -0.3 is 14.6 Å². The number of aromatic nitrogens is 3. The third-order valence-corrected chi connectivity index (χ3v) is 3.49. The number of nitrogens with one attached hydrogen (secondary N) is 1. The van der Waals surface area contributed by atoms with E-state index < -0.39 is 0 Å². The van der Waals surface area contributed by atoms with E-state index in [1.165, 1.54) is 0 Å². The lowest BCUT2D eigenvalue weighted by molar-refractivity contribution is 0.0398. The Balaban J connectivity index is 1.62. The number of rotatable bonds is 4. The fraction of sp³-hybridized carbons (Fsp3) is 0.538. The van der Waals surface area contributed by atoms with Gasteiger partial charge in [-0.2, -0.15) is 0 Å². The normalized spacial score (nSPS) is 16.9. The second-order valence-corrected chi connectivity index (χ2v) is 4.77. The van der Waals surface area contributed by atoms with Crippen LogP contribution in [0.25, 0.3) is 11.0 Å². The van der Waals surface area contributed by atoms with Crippen molar-refractivity contribution in [1.29, 1.82) is 0 Å². The number of hydrogen-bond acceptors (Lipinski definition) is 5. The molecule has 102 valence electrons. The highest BCUT2D eigenvalue weighted by atomic mass is 16.5. The Morgan fingerprint density at radius 2 is 2.16 bits per heavy atom. The van der Waals surface area contributed by atoms with Crippen molar-refractivity contribution in [3.8, 4) is 0 Å². The molecular formula is C13H19N5O. The van der Waals surface area contributed by atoms with E-state index in [0.717, 1.165) is 56.2 Å². The predicted molar refractivity (Wildman–Crippen MR) is 74.3 cm³/mol. The van der Waals surface area contributed by atoms with E-state index in [-0.39, 0.29) is 0 Å². The monoisotopic (exact) mass is 261 g/mol. The lowest BCUT2D eigenvalue weighted by Gasteiger charge is -2.26. The van der Waals surface area contributed by atoms with Crippen LogP contribution < -0.4 is 5.32 Å². The summed E-state index contributed by atoms with van der Waals surface area (Å²) in [5, 5.41) is 4.48. The molecule has 1 N–H and O–H groups in total. The van der Waals surface area contributed by atoms with Crippen LogP contribution in [-0.4, -0.2) is 58.8 Å². The van der Waals surface area contributed by atoms with E-state index in [1.807, 2.05) is 23.9 Å². The number of morpholine rings is 1. The maximum atomic E-state index is 5.34. The number of fused-ring (bicyclic) bond motifs is 1. The topological polar surface area (TPSA) is 55.2 Å². The van der Waals surface area contributed by atoms with Gasteiger partial charge in [0.1, 0.15) is 17.8 Å². The van der Waals surface area contributed by atoms with E-state index in [4.69, 9.17) is 4.74 Å². The first-order chi connectivity index (χ1) is 9.34. The van der Waals surface area contributed by atoms with Gasteiger partial charge in [0.05, 0.1) is 18.6 Å². The van der Waals surface area contributed by atoms with Crippen molar-refractivity contribution in [3.05, 3.63) is 18.6 Å². The van der Waals surface area contributed by atoms with E-state index >= 15 is 0 Å². The van der Waals surface area contributed by atoms with Gasteiger partial charge in [-0.1, -0.05) is 0 Å². The molecule has 0 aromatic carbocycles. The number of anilines is 1. The molecule has 1 fully saturated rings. The second kappa shape index (κ2) is 5.54. The highest BCUT2D eigenvalue weighted by molar-refractivity contribution is 5.87. The zero-order valence-electron chi connectivity index (χ0n) is 11.2. The molecule has 19 heavy (non-hydrogen) atoms. The van der Waals surface area contributed by atoms with E-state index in [2.05, 4.69) is 20.2 Å². The van der Waals surface area contributed by atoms with Crippen LogP contribution in [0.4, 0.5) is 5.82 Å². The SMILES string of the molecule is Cn1ccc2c(NCCN3CCOCC3)ncnc21. The molecule has 0 spiro atoms. The highest BCUT2D eigenvalue weighted by Crippen LogP contribution is 2.18. The summed E-state index contributed by atoms with van der Waals surface area (Å²) in [5.41, 5.74) is 0.962. The van der Waals surface area contributed by atoms with Crippen LogP contribution in [0, 0.1) is 0 Å². The molecule has 0 bridgehead atoms. The lowest BCUT2D eigenvalue weighted by atomic mass is 10.3. The number of ether oxygens (including phenoxy) is 1. The Kier molecular flexibility index (Phi) is 3.61. The molecule has 6 nitrogen and oxygen atoms in total. The molecule has 1 aliphatic heterocycles. The Morgan fingerprint density at radius 3 is 3.00 bits per heavy atom. The molecule has 6 heteroatoms. The highest BCUT2D eigenvalue weighted by Gasteiger charge is 2.10. The molecule has 0 radical (unpaired) electrons. The smallest absolute Gasteiger partial charge is 0.145 e. The van der Waals surface area contributed by atoms with Crippen LogP contribution in [-0.2, 0) is 11.8 Å². The van der Waals surface area contributed by atoms with Gasteiger partial charge in [-0.3, -0.25) is 4.90 Å². The maximum Gasteiger partial charge on any atom is 0.145 e. The number of nitrogens with zero attached hydrogens (tertiary/aromatic N) is 4. The Labute approximate surface area is 112 Å². The minimum atomic E-state index is 0.844. The molecule has 2 aromatic heterocycles. The third kappa shape index (κ3) is 2.69. The maximum absolute atomic E-state index is 5.34. The summed E-state index contributed by atoms with van der Waals surface area (Å²) >= 11 is 0. The quantitative estimate of drug-likeness (QED) is 0.878. The molecule has 3 rings (SSSR count). The van der Waals surface area contributed by atoms with Crippen molar-refractivity contribution in [2.75, 3.05) is 44.7 Å². The first-order valence-electron chi connectivity index (χ1n) is 6.64. The molecule has 3 heterocycles. The molecule has 2 aromatic rings. The third-order valence-electron chi connectivity index (χ3n) is 3.49. The van der Waals surface area contributed by atoms with Crippen LogP contribution in [0.5, 0.6) is 0 Å². The fourth-order valence-electron chi connectivity index (χ4n) is 2.38. The summed E-state index contributed by atoms with van der Waals surface area (Å²) in [6.45, 7) is 5.63. The molecule has 0 aliphatic carbocycles. The molecule has 0 unspecified atom stereocenters. The molecular weight excluding hydrogens is 242 g/mol. The van der Waals surface area contributed by atoms with Crippen molar-refractivity contribution in [2.24, 2.45) is 7.05 Å². The Hall–Kier alpha value is -1.66. The average molecular weight is 261 g/mol. The molecule has 0 amide bonds. The summed E-state index contributed by atoms with van der Waals surface area (Å²) in [6, 6.07) is 2.05. The van der Waals surface area contributed by atoms with Gasteiger partial charge in [0.25, 0.3) is 0 Å². The van der Waals surface area contributed by atoms with Gasteiger partial charge in [-0.25, -0.2) is 9.97 Å². The van der Waals surface area contributed by atoms with E-state index in [0.29, 0.717) is 0 Å². The van der Waals surface area contributed by atoms with E-state index in [1.54, 1.807) is 6.33 Å². The summed E-state index contributed by atoms with van der Waals surface area (Å²) in [4.78, 5) is 11.0. The predicted octanol–water partition coefficient (Wildman–Crippen LogP) is 0.712. The standard InChI is InChI=1S/C13H19N5O/c1-17-4-2-11-12(15-10-16-13(11)17)14-3-5-18-6-8-19-9-7-18/h2,4,10H,3,5-9H2,1H3,(H,14,15,16). The first-order valence-corrected chi connectivity index (χ1v) is 6.64. The van der Waals surface area contributed by atoms with Gasteiger partial charge in [-0.05, 0) is 6.07 Å². The van der Waals surface area contributed by atoms with Crippen molar-refractivity contribution >= 4 is 16.9 Å². The zero-order valence-corrected chi connectivity index (χ0v) is 11.2. The second-order valence-electron chi connectivity index (χ2n) is 4.77. The number of aryl methyl sites for hydroxylation is 1. The van der Waals surface area contributed by atoms with Crippen molar-refractivity contribution in [1.82, 2.24) is 19.4 Å². The Morgan fingerprint density at radius 1 is 1.32 bits per heavy atom. The van der Waals surface area contributed by atoms with Crippen LogP contribution >= 0.6 is 0 Å². The number of hydrogen-bond donors (Lipinski definition) is 1. The summed E-state index contributed by atoms with van der Waals surface area (Å²) in [7, 11) is 1.99. The van der Waals surface area contributed by atoms with Gasteiger partial charge >= 0.3 is 0 Å². The summed E-state index contributed by atoms with van der Waals surface area (Å²) in [6.07, 6.45) is 3.62. The van der Waals surface area contributed by atoms with Crippen LogP contribution in [0.1, 0.15) is 0 Å². The van der Waals surface area contributed by atoms with Gasteiger partial charge in [-0.15, -0.1) is 0 Å². The fourth-order valence-corrected chi connectivity index (χ4v) is 2.38. The summed E-state index contributed by atoms with van der Waals surface area (Å²) < 4.78 is 7.34. The van der Waals surface area contributed by atoms with E-state index in [9.17, 15) is 0 Å². The largest absolute Gasteiger partial charge is 0.379 e. The van der Waals surface area contributed by atoms with Crippen molar-refractivity contribution < 1.29 is 4.74 Å². The Bertz CT molecular complexity index is 547. The van der Waals surface area contributed by atoms with Crippen molar-refractivity contribution in [2.45, 2.75) is 0 Å². The van der Waals surface area contributed by atoms with Gasteiger partial charge in [0.15, 0.2) is 0 Å². The summed E-state index contributed by atoms with van der Waals surface area (Å²) in [5.74, 6) is 0.916. The minimum absolute atomic E-state index is 0.844. The van der Waals surface area contributed by atoms with Gasteiger partial charge in [0, 0.05) is 39.4 Å². The first kappa shape index (κ1) is 12.4. The van der Waals surface area contributed by atoms with Gasteiger partial charge in [0.2, 0.25) is 0 Å².